The maximum atomic E-state index is 12.8. The highest BCUT2D eigenvalue weighted by atomic mass is 32.2. The van der Waals surface area contributed by atoms with Crippen LogP contribution in [0.15, 0.2) is 60.7 Å². The van der Waals surface area contributed by atoms with Crippen LogP contribution in [0.1, 0.15) is 29.8 Å². The highest BCUT2D eigenvalue weighted by molar-refractivity contribution is 7.98. The Labute approximate surface area is 136 Å². The van der Waals surface area contributed by atoms with Gasteiger partial charge < -0.3 is 4.74 Å². The van der Waals surface area contributed by atoms with Gasteiger partial charge in [0.05, 0.1) is 11.9 Å². The molecule has 2 atom stereocenters. The molecule has 0 aromatic heterocycles. The van der Waals surface area contributed by atoms with Crippen LogP contribution in [0.3, 0.4) is 0 Å². The van der Waals surface area contributed by atoms with Crippen molar-refractivity contribution in [3.05, 3.63) is 71.8 Å². The molecular weight excluding hydrogens is 292 g/mol. The van der Waals surface area contributed by atoms with Crippen molar-refractivity contribution in [2.24, 2.45) is 5.92 Å². The largest absolute Gasteiger partial charge is 0.359 e. The summed E-state index contributed by atoms with van der Waals surface area (Å²) >= 11 is 1.61. The van der Waals surface area contributed by atoms with Crippen molar-refractivity contribution >= 4 is 17.5 Å². The second kappa shape index (κ2) is 7.61. The van der Waals surface area contributed by atoms with E-state index in [0.29, 0.717) is 5.94 Å². The molecule has 0 spiro atoms. The predicted molar refractivity (Wildman–Crippen MR) is 93.2 cm³/mol. The van der Waals surface area contributed by atoms with Gasteiger partial charge in [0, 0.05) is 5.56 Å². The molecular formula is C19H22O2S. The number of thioether (sulfide) groups is 1. The molecule has 0 bridgehead atoms. The van der Waals surface area contributed by atoms with Crippen molar-refractivity contribution in [2.45, 2.75) is 19.4 Å². The van der Waals surface area contributed by atoms with Gasteiger partial charge in [-0.05, 0) is 18.7 Å². The first-order chi connectivity index (χ1) is 10.6. The zero-order valence-corrected chi connectivity index (χ0v) is 14.1. The van der Waals surface area contributed by atoms with Gasteiger partial charge >= 0.3 is 0 Å². The van der Waals surface area contributed by atoms with E-state index in [1.807, 2.05) is 80.8 Å². The summed E-state index contributed by atoms with van der Waals surface area (Å²) in [6.45, 7) is 3.95. The third-order valence-electron chi connectivity index (χ3n) is 4.10. The van der Waals surface area contributed by atoms with E-state index in [-0.39, 0.29) is 11.7 Å². The summed E-state index contributed by atoms with van der Waals surface area (Å²) in [6.07, 6.45) is 2.00. The fraction of sp³-hybridized carbons (Fsp3) is 0.316. The Kier molecular flexibility index (Phi) is 5.81. The number of hydrogen-bond acceptors (Lipinski definition) is 3. The average Bonchev–Trinajstić information content (AvgIpc) is 2.60. The highest BCUT2D eigenvalue weighted by Crippen LogP contribution is 2.36. The third-order valence-corrected chi connectivity index (χ3v) is 4.46. The normalized spacial score (nSPS) is 15.0. The summed E-state index contributed by atoms with van der Waals surface area (Å²) < 4.78 is 6.11. The number of carbonyl (C=O) groups is 1. The van der Waals surface area contributed by atoms with Crippen LogP contribution in [0.2, 0.25) is 0 Å². The molecule has 116 valence electrons. The number of benzene rings is 2. The van der Waals surface area contributed by atoms with Gasteiger partial charge in [-0.1, -0.05) is 67.6 Å². The van der Waals surface area contributed by atoms with E-state index >= 15 is 0 Å². The fourth-order valence-corrected chi connectivity index (χ4v) is 2.87. The Hall–Kier alpha value is -1.58. The van der Waals surface area contributed by atoms with E-state index in [0.717, 1.165) is 11.1 Å². The van der Waals surface area contributed by atoms with E-state index in [2.05, 4.69) is 0 Å². The second-order valence-electron chi connectivity index (χ2n) is 5.48. The molecule has 0 fully saturated rings. The Bertz CT molecular complexity index is 597. The zero-order valence-electron chi connectivity index (χ0n) is 13.3. The van der Waals surface area contributed by atoms with Gasteiger partial charge in [0.25, 0.3) is 0 Å². The van der Waals surface area contributed by atoms with Crippen molar-refractivity contribution in [2.75, 3.05) is 12.2 Å². The van der Waals surface area contributed by atoms with Crippen LogP contribution >= 0.6 is 11.8 Å². The molecule has 2 aromatic rings. The molecule has 0 aliphatic heterocycles. The number of Topliss-reactive ketones (excluding diaryl/α,β-unsaturated/α-hetero) is 1. The van der Waals surface area contributed by atoms with Crippen LogP contribution in [-0.4, -0.2) is 18.0 Å². The van der Waals surface area contributed by atoms with Gasteiger partial charge in [-0.2, -0.15) is 0 Å². The first-order valence-corrected chi connectivity index (χ1v) is 8.76. The van der Waals surface area contributed by atoms with E-state index in [9.17, 15) is 4.79 Å². The summed E-state index contributed by atoms with van der Waals surface area (Å²) in [5.74, 6) is 0.384. The lowest BCUT2D eigenvalue weighted by Gasteiger charge is -2.35. The first kappa shape index (κ1) is 16.8. The molecule has 2 nitrogen and oxygen atoms in total. The van der Waals surface area contributed by atoms with Gasteiger partial charge in [0.2, 0.25) is 0 Å². The van der Waals surface area contributed by atoms with Crippen LogP contribution in [0, 0.1) is 5.92 Å². The Morgan fingerprint density at radius 2 is 1.64 bits per heavy atom. The van der Waals surface area contributed by atoms with Crippen molar-refractivity contribution < 1.29 is 9.53 Å². The number of hydrogen-bond donors (Lipinski definition) is 0. The second-order valence-corrected chi connectivity index (χ2v) is 6.29. The molecule has 0 heterocycles. The van der Waals surface area contributed by atoms with Crippen molar-refractivity contribution in [1.82, 2.24) is 0 Å². The monoisotopic (exact) mass is 314 g/mol. The lowest BCUT2D eigenvalue weighted by atomic mass is 9.79. The van der Waals surface area contributed by atoms with E-state index in [1.165, 1.54) is 0 Å². The van der Waals surface area contributed by atoms with Crippen LogP contribution in [0.25, 0.3) is 0 Å². The van der Waals surface area contributed by atoms with Crippen molar-refractivity contribution in [3.63, 3.8) is 0 Å². The molecule has 0 radical (unpaired) electrons. The van der Waals surface area contributed by atoms with E-state index < -0.39 is 5.60 Å². The molecule has 0 saturated heterocycles. The summed E-state index contributed by atoms with van der Waals surface area (Å²) in [5.41, 5.74) is 1.11. The third kappa shape index (κ3) is 3.60. The maximum absolute atomic E-state index is 12.8. The highest BCUT2D eigenvalue weighted by Gasteiger charge is 2.38. The summed E-state index contributed by atoms with van der Waals surface area (Å²) in [6, 6.07) is 19.4. The summed E-state index contributed by atoms with van der Waals surface area (Å²) in [4.78, 5) is 12.8. The quantitative estimate of drug-likeness (QED) is 0.544. The Morgan fingerprint density at radius 1 is 1.09 bits per heavy atom. The molecule has 0 aliphatic carbocycles. The van der Waals surface area contributed by atoms with E-state index in [4.69, 9.17) is 4.74 Å². The topological polar surface area (TPSA) is 26.3 Å². The zero-order chi connectivity index (χ0) is 16.0. The molecule has 3 heteroatoms. The van der Waals surface area contributed by atoms with E-state index in [1.54, 1.807) is 11.8 Å². The molecule has 2 rings (SSSR count). The SMILES string of the molecule is CSCO[C@](C)(c1ccccc1)[C@@H](C)C(=O)c1ccccc1. The van der Waals surface area contributed by atoms with Gasteiger partial charge in [0.1, 0.15) is 5.60 Å². The molecule has 0 saturated carbocycles. The molecule has 0 N–H and O–H groups in total. The smallest absolute Gasteiger partial charge is 0.168 e. The van der Waals surface area contributed by atoms with Gasteiger partial charge in [-0.3, -0.25) is 4.79 Å². The average molecular weight is 314 g/mol. The van der Waals surface area contributed by atoms with Crippen molar-refractivity contribution in [1.29, 1.82) is 0 Å². The minimum absolute atomic E-state index is 0.105. The van der Waals surface area contributed by atoms with Crippen LogP contribution in [0.5, 0.6) is 0 Å². The predicted octanol–water partition coefficient (Wildman–Crippen LogP) is 4.76. The van der Waals surface area contributed by atoms with Crippen LogP contribution in [-0.2, 0) is 10.3 Å². The molecule has 0 unspecified atom stereocenters. The summed E-state index contributed by atoms with van der Waals surface area (Å²) in [7, 11) is 0. The number of rotatable bonds is 7. The van der Waals surface area contributed by atoms with Crippen LogP contribution in [0.4, 0.5) is 0 Å². The molecule has 0 aliphatic rings. The minimum atomic E-state index is -0.642. The Balaban J connectivity index is 2.34. The molecule has 0 amide bonds. The lowest BCUT2D eigenvalue weighted by Crippen LogP contribution is -2.38. The van der Waals surface area contributed by atoms with Gasteiger partial charge in [-0.25, -0.2) is 0 Å². The van der Waals surface area contributed by atoms with Crippen LogP contribution < -0.4 is 0 Å². The van der Waals surface area contributed by atoms with Crippen molar-refractivity contribution in [3.8, 4) is 0 Å². The maximum Gasteiger partial charge on any atom is 0.168 e. The molecule has 2 aromatic carbocycles. The van der Waals surface area contributed by atoms with Gasteiger partial charge in [-0.15, -0.1) is 11.8 Å². The number of ketones is 1. The first-order valence-electron chi connectivity index (χ1n) is 7.37. The molecule has 22 heavy (non-hydrogen) atoms. The number of carbonyl (C=O) groups excluding carboxylic acids is 1. The summed E-state index contributed by atoms with van der Waals surface area (Å²) in [5, 5.41) is 0. The lowest BCUT2D eigenvalue weighted by molar-refractivity contribution is -0.0420. The minimum Gasteiger partial charge on any atom is -0.359 e. The van der Waals surface area contributed by atoms with Gasteiger partial charge in [0.15, 0.2) is 5.78 Å². The fourth-order valence-electron chi connectivity index (χ4n) is 2.51. The standard InChI is InChI=1S/C19H22O2S/c1-15(18(20)16-10-6-4-7-11-16)19(2,21-14-22-3)17-12-8-5-9-13-17/h4-13,15H,14H2,1-3H3/t15-,19-/m0/s1. The Morgan fingerprint density at radius 3 is 2.18 bits per heavy atom. The number of ether oxygens (including phenoxy) is 1.